The third-order valence-electron chi connectivity index (χ3n) is 9.64. The average molecular weight is 498 g/mol. The van der Waals surface area contributed by atoms with Crippen LogP contribution in [0.2, 0.25) is 0 Å². The molecule has 0 saturated heterocycles. The molecule has 1 aromatic heterocycles. The number of fused-ring (bicyclic) bond motifs is 3. The van der Waals surface area contributed by atoms with Crippen LogP contribution >= 0.6 is 0 Å². The number of hydrogen-bond donors (Lipinski definition) is 1. The molecule has 0 spiro atoms. The van der Waals surface area contributed by atoms with E-state index in [2.05, 4.69) is 68.4 Å². The van der Waals surface area contributed by atoms with Crippen LogP contribution < -0.4 is 5.32 Å². The van der Waals surface area contributed by atoms with Crippen molar-refractivity contribution in [1.29, 1.82) is 0 Å². The van der Waals surface area contributed by atoms with E-state index in [4.69, 9.17) is 4.79 Å². The molecule has 1 aromatic rings. The van der Waals surface area contributed by atoms with Gasteiger partial charge < -0.3 is 19.8 Å². The number of hydrogen-bond acceptors (Lipinski definition) is 5. The number of allylic oxidation sites excluding steroid dienone is 2. The molecule has 36 heavy (non-hydrogen) atoms. The maximum atomic E-state index is 11.5. The molecule has 0 aromatic carbocycles. The van der Waals surface area contributed by atoms with Crippen LogP contribution in [-0.4, -0.2) is 57.7 Å². The molecule has 4 rings (SSSR count). The molecule has 1 N–H and O–H groups in total. The maximum Gasteiger partial charge on any atom is 0.120 e. The first kappa shape index (κ1) is 30.4. The fraction of sp³-hybridized carbons (Fsp3) is 0.710. The lowest BCUT2D eigenvalue weighted by Crippen LogP contribution is -2.52. The van der Waals surface area contributed by atoms with Gasteiger partial charge in [0.25, 0.3) is 0 Å². The minimum Gasteiger partial charge on any atom is -0.323 e. The van der Waals surface area contributed by atoms with E-state index in [9.17, 15) is 4.79 Å². The Balaban J connectivity index is 0.000000850. The van der Waals surface area contributed by atoms with Crippen LogP contribution in [0, 0.1) is 34.5 Å². The van der Waals surface area contributed by atoms with Gasteiger partial charge in [0.15, 0.2) is 0 Å². The third kappa shape index (κ3) is 6.16. The second-order valence-electron chi connectivity index (χ2n) is 11.9. The predicted molar refractivity (Wildman–Crippen MR) is 151 cm³/mol. The summed E-state index contributed by atoms with van der Waals surface area (Å²) in [6.45, 7) is 10.4. The summed E-state index contributed by atoms with van der Waals surface area (Å²) in [5.41, 5.74) is 4.80. The van der Waals surface area contributed by atoms with Crippen LogP contribution in [0.4, 0.5) is 0 Å². The summed E-state index contributed by atoms with van der Waals surface area (Å²) in [5.74, 6) is 2.82. The van der Waals surface area contributed by atoms with Crippen LogP contribution in [0.5, 0.6) is 0 Å². The monoisotopic (exact) mass is 497 g/mol. The summed E-state index contributed by atoms with van der Waals surface area (Å²) in [6, 6.07) is 2.38. The number of aromatic nitrogens is 1. The molecule has 2 saturated carbocycles. The van der Waals surface area contributed by atoms with Crippen molar-refractivity contribution in [3.63, 3.8) is 0 Å². The molecule has 5 unspecified atom stereocenters. The molecule has 5 nitrogen and oxygen atoms in total. The molecule has 6 atom stereocenters. The van der Waals surface area contributed by atoms with E-state index in [-0.39, 0.29) is 10.8 Å². The van der Waals surface area contributed by atoms with Crippen LogP contribution in [0.15, 0.2) is 24.5 Å². The van der Waals surface area contributed by atoms with E-state index < -0.39 is 0 Å². The highest BCUT2D eigenvalue weighted by atomic mass is 16.1. The van der Waals surface area contributed by atoms with E-state index >= 15 is 0 Å². The Kier molecular flexibility index (Phi) is 11.5. The van der Waals surface area contributed by atoms with Crippen molar-refractivity contribution in [3.05, 3.63) is 35.7 Å². The van der Waals surface area contributed by atoms with Gasteiger partial charge in [-0.1, -0.05) is 26.8 Å². The van der Waals surface area contributed by atoms with Crippen molar-refractivity contribution >= 4 is 18.6 Å². The summed E-state index contributed by atoms with van der Waals surface area (Å²) in [6.07, 6.45) is 17.2. The lowest BCUT2D eigenvalue weighted by molar-refractivity contribution is -0.116. The Morgan fingerprint density at radius 1 is 1.14 bits per heavy atom. The van der Waals surface area contributed by atoms with Gasteiger partial charge in [-0.05, 0) is 137 Å². The number of rotatable bonds is 7. The minimum absolute atomic E-state index is 0.273. The van der Waals surface area contributed by atoms with Crippen molar-refractivity contribution in [2.45, 2.75) is 72.1 Å². The standard InChI is InChI=1S/C28H42N2O.C2H7N.CH2O/c1-6-20-17-21(19-29-18-20)24-9-10-25-23-8-7-22(12-16-31)27(2,14-15-30(4)5)26(23)11-13-28(24,25)3;1-3-2;1-2/h9,16-19,22-23,25-26H,6-8,10-15H2,1-5H3;3H,1-2H3;1H2/t22?,23?,25?,26?,27-,28?;;/m1../s1. The topological polar surface area (TPSA) is 62.3 Å². The highest BCUT2D eigenvalue weighted by Gasteiger charge is 2.57. The molecular formula is C31H51N3O2. The number of aryl methyl sites for hydroxylation is 1. The van der Waals surface area contributed by atoms with Gasteiger partial charge in [-0.15, -0.1) is 0 Å². The van der Waals surface area contributed by atoms with E-state index in [1.807, 2.05) is 27.1 Å². The van der Waals surface area contributed by atoms with Crippen LogP contribution in [-0.2, 0) is 16.0 Å². The van der Waals surface area contributed by atoms with Gasteiger partial charge in [-0.3, -0.25) is 4.98 Å². The zero-order chi connectivity index (χ0) is 26.9. The van der Waals surface area contributed by atoms with Crippen molar-refractivity contribution in [3.8, 4) is 0 Å². The molecule has 3 aliphatic rings. The fourth-order valence-corrected chi connectivity index (χ4v) is 7.74. The molecule has 0 aliphatic heterocycles. The Bertz CT molecular complexity index is 869. The van der Waals surface area contributed by atoms with Crippen molar-refractivity contribution in [2.24, 2.45) is 34.5 Å². The average Bonchev–Trinajstić information content (AvgIpc) is 3.24. The Labute approximate surface area is 220 Å². The summed E-state index contributed by atoms with van der Waals surface area (Å²) in [7, 11) is 8.12. The van der Waals surface area contributed by atoms with Gasteiger partial charge in [-0.2, -0.15) is 0 Å². The normalized spacial score (nSPS) is 32.7. The van der Waals surface area contributed by atoms with Crippen molar-refractivity contribution in [1.82, 2.24) is 15.2 Å². The minimum atomic E-state index is 0.273. The molecule has 202 valence electrons. The quantitative estimate of drug-likeness (QED) is 0.491. The first-order valence-corrected chi connectivity index (χ1v) is 13.9. The van der Waals surface area contributed by atoms with Crippen molar-refractivity contribution in [2.75, 3.05) is 34.7 Å². The number of nitrogens with zero attached hydrogens (tertiary/aromatic N) is 2. The highest BCUT2D eigenvalue weighted by Crippen LogP contribution is 2.66. The van der Waals surface area contributed by atoms with Crippen molar-refractivity contribution < 1.29 is 9.59 Å². The molecule has 3 aliphatic carbocycles. The number of carbonyl (C=O) groups is 2. The second kappa shape index (κ2) is 13.6. The Morgan fingerprint density at radius 3 is 2.44 bits per heavy atom. The van der Waals surface area contributed by atoms with E-state index in [0.29, 0.717) is 5.92 Å². The zero-order valence-corrected chi connectivity index (χ0v) is 24.0. The number of carbonyl (C=O) groups excluding carboxylic acids is 2. The first-order chi connectivity index (χ1) is 17.2. The molecule has 0 amide bonds. The highest BCUT2D eigenvalue weighted by molar-refractivity contribution is 5.72. The molecule has 1 heterocycles. The van der Waals surface area contributed by atoms with Gasteiger partial charge in [0.05, 0.1) is 0 Å². The SMILES string of the molecule is C=O.CCc1cncc(C2=CCC3C4CCC(CC=O)[C@@](C)(CCN(C)C)C4CCC23C)c1.CNC. The second-order valence-corrected chi connectivity index (χ2v) is 11.9. The fourth-order valence-electron chi connectivity index (χ4n) is 7.74. The third-order valence-corrected chi connectivity index (χ3v) is 9.64. The van der Waals surface area contributed by atoms with Gasteiger partial charge in [0.2, 0.25) is 0 Å². The summed E-state index contributed by atoms with van der Waals surface area (Å²) in [4.78, 5) is 26.4. The molecule has 0 radical (unpaired) electrons. The lowest BCUT2D eigenvalue weighted by Gasteiger charge is -2.59. The van der Waals surface area contributed by atoms with Crippen LogP contribution in [0.25, 0.3) is 5.57 Å². The zero-order valence-electron chi connectivity index (χ0n) is 24.0. The van der Waals surface area contributed by atoms with Gasteiger partial charge in [0, 0.05) is 18.8 Å². The van der Waals surface area contributed by atoms with Crippen LogP contribution in [0.3, 0.4) is 0 Å². The lowest BCUT2D eigenvalue weighted by atomic mass is 9.46. The number of nitrogens with one attached hydrogen (secondary N) is 1. The molecular weight excluding hydrogens is 446 g/mol. The smallest absolute Gasteiger partial charge is 0.120 e. The van der Waals surface area contributed by atoms with E-state index in [1.54, 1.807) is 5.57 Å². The first-order valence-electron chi connectivity index (χ1n) is 13.9. The van der Waals surface area contributed by atoms with Gasteiger partial charge >= 0.3 is 0 Å². The molecule has 2 fully saturated rings. The van der Waals surface area contributed by atoms with E-state index in [0.717, 1.165) is 37.1 Å². The number of aldehydes is 1. The largest absolute Gasteiger partial charge is 0.323 e. The Hall–Kier alpha value is -1.85. The van der Waals surface area contributed by atoms with Gasteiger partial charge in [-0.25, -0.2) is 0 Å². The van der Waals surface area contributed by atoms with Gasteiger partial charge in [0.1, 0.15) is 13.1 Å². The molecule has 5 heteroatoms. The van der Waals surface area contributed by atoms with Crippen LogP contribution in [0.1, 0.15) is 76.8 Å². The predicted octanol–water partition coefficient (Wildman–Crippen LogP) is 5.69. The van der Waals surface area contributed by atoms with E-state index in [1.165, 1.54) is 55.9 Å². The maximum absolute atomic E-state index is 11.5. The summed E-state index contributed by atoms with van der Waals surface area (Å²) in [5, 5.41) is 2.75. The summed E-state index contributed by atoms with van der Waals surface area (Å²) >= 11 is 0. The summed E-state index contributed by atoms with van der Waals surface area (Å²) < 4.78 is 0. The Morgan fingerprint density at radius 2 is 1.83 bits per heavy atom. The number of pyridine rings is 1. The molecule has 0 bridgehead atoms.